The molecule has 5 rings (SSSR count). The number of rotatable bonds is 6. The lowest BCUT2D eigenvalue weighted by molar-refractivity contribution is -0.116. The Bertz CT molecular complexity index is 1380. The van der Waals surface area contributed by atoms with Gasteiger partial charge in [0.1, 0.15) is 0 Å². The molecule has 204 valence electrons. The van der Waals surface area contributed by atoms with Crippen LogP contribution in [0.3, 0.4) is 0 Å². The van der Waals surface area contributed by atoms with Crippen LogP contribution in [0.15, 0.2) is 109 Å². The van der Waals surface area contributed by atoms with Gasteiger partial charge in [-0.1, -0.05) is 93.6 Å². The summed E-state index contributed by atoms with van der Waals surface area (Å²) in [7, 11) is 0. The molecular formula is C35H37N3O2. The smallest absolute Gasteiger partial charge is 0.253 e. The Kier molecular flexibility index (Phi) is 8.01. The van der Waals surface area contributed by atoms with Gasteiger partial charge in [0, 0.05) is 43.1 Å². The van der Waals surface area contributed by atoms with Gasteiger partial charge in [0.05, 0.1) is 5.92 Å². The fourth-order valence-electron chi connectivity index (χ4n) is 5.22. The molecule has 0 aromatic heterocycles. The molecule has 1 saturated heterocycles. The normalized spacial score (nSPS) is 13.8. The van der Waals surface area contributed by atoms with E-state index >= 15 is 0 Å². The summed E-state index contributed by atoms with van der Waals surface area (Å²) >= 11 is 0. The molecule has 5 nitrogen and oxygen atoms in total. The zero-order valence-corrected chi connectivity index (χ0v) is 23.5. The Morgan fingerprint density at radius 3 is 1.70 bits per heavy atom. The molecule has 1 aliphatic rings. The largest absolute Gasteiger partial charge is 0.368 e. The number of amides is 2. The van der Waals surface area contributed by atoms with Crippen molar-refractivity contribution in [1.29, 1.82) is 0 Å². The van der Waals surface area contributed by atoms with E-state index in [0.29, 0.717) is 13.1 Å². The second-order valence-corrected chi connectivity index (χ2v) is 11.4. The highest BCUT2D eigenvalue weighted by molar-refractivity contribution is 5.98. The Hall–Kier alpha value is -4.38. The van der Waals surface area contributed by atoms with Gasteiger partial charge in [-0.3, -0.25) is 9.59 Å². The van der Waals surface area contributed by atoms with Crippen molar-refractivity contribution in [3.63, 3.8) is 0 Å². The second-order valence-electron chi connectivity index (χ2n) is 11.4. The summed E-state index contributed by atoms with van der Waals surface area (Å²) in [5.41, 5.74) is 5.80. The van der Waals surface area contributed by atoms with E-state index in [4.69, 9.17) is 0 Å². The van der Waals surface area contributed by atoms with Crippen molar-refractivity contribution in [2.24, 2.45) is 0 Å². The van der Waals surface area contributed by atoms with Crippen LogP contribution in [0.5, 0.6) is 0 Å². The summed E-state index contributed by atoms with van der Waals surface area (Å²) in [6.07, 6.45) is 0. The molecule has 0 radical (unpaired) electrons. The zero-order chi connectivity index (χ0) is 28.1. The van der Waals surface area contributed by atoms with Crippen molar-refractivity contribution in [2.45, 2.75) is 32.1 Å². The molecule has 0 bridgehead atoms. The number of nitrogens with zero attached hydrogens (tertiary/aromatic N) is 2. The monoisotopic (exact) mass is 531 g/mol. The first kappa shape index (κ1) is 27.2. The van der Waals surface area contributed by atoms with Crippen LogP contribution < -0.4 is 10.2 Å². The molecule has 4 aromatic rings. The third-order valence-electron chi connectivity index (χ3n) is 7.59. The van der Waals surface area contributed by atoms with Crippen LogP contribution >= 0.6 is 0 Å². The number of benzene rings is 4. The minimum Gasteiger partial charge on any atom is -0.368 e. The van der Waals surface area contributed by atoms with Gasteiger partial charge in [-0.05, 0) is 58.5 Å². The van der Waals surface area contributed by atoms with E-state index in [1.54, 1.807) is 0 Å². The van der Waals surface area contributed by atoms with E-state index in [0.717, 1.165) is 41.2 Å². The topological polar surface area (TPSA) is 52.7 Å². The van der Waals surface area contributed by atoms with Crippen LogP contribution in [-0.4, -0.2) is 42.9 Å². The predicted octanol–water partition coefficient (Wildman–Crippen LogP) is 6.72. The van der Waals surface area contributed by atoms with Gasteiger partial charge in [0.25, 0.3) is 5.91 Å². The number of hydrogen-bond acceptors (Lipinski definition) is 3. The molecule has 0 atom stereocenters. The lowest BCUT2D eigenvalue weighted by Crippen LogP contribution is -2.48. The molecule has 5 heteroatoms. The van der Waals surface area contributed by atoms with Gasteiger partial charge in [-0.25, -0.2) is 0 Å². The van der Waals surface area contributed by atoms with Crippen molar-refractivity contribution >= 4 is 23.2 Å². The molecule has 1 fully saturated rings. The maximum absolute atomic E-state index is 13.4. The molecule has 1 heterocycles. The minimum atomic E-state index is -0.391. The molecular weight excluding hydrogens is 494 g/mol. The number of carbonyl (C=O) groups is 2. The summed E-state index contributed by atoms with van der Waals surface area (Å²) in [4.78, 5) is 30.7. The highest BCUT2D eigenvalue weighted by Crippen LogP contribution is 2.28. The molecule has 0 aliphatic carbocycles. The molecule has 1 N–H and O–H groups in total. The number of nitrogens with one attached hydrogen (secondary N) is 1. The maximum Gasteiger partial charge on any atom is 0.253 e. The number of carbonyl (C=O) groups excluding carboxylic acids is 2. The molecule has 2 amide bonds. The number of anilines is 2. The zero-order valence-electron chi connectivity index (χ0n) is 23.5. The fraction of sp³-hybridized carbons (Fsp3) is 0.257. The van der Waals surface area contributed by atoms with Crippen LogP contribution in [0.1, 0.15) is 53.7 Å². The van der Waals surface area contributed by atoms with Crippen LogP contribution in [0, 0.1) is 0 Å². The molecule has 1 aliphatic heterocycles. The number of hydrogen-bond donors (Lipinski definition) is 1. The van der Waals surface area contributed by atoms with Crippen LogP contribution in [0.2, 0.25) is 0 Å². The third-order valence-corrected chi connectivity index (χ3v) is 7.59. The lowest BCUT2D eigenvalue weighted by Gasteiger charge is -2.36. The molecule has 0 unspecified atom stereocenters. The van der Waals surface area contributed by atoms with Crippen molar-refractivity contribution in [3.8, 4) is 0 Å². The summed E-state index contributed by atoms with van der Waals surface area (Å²) in [6, 6.07) is 35.7. The molecule has 0 saturated carbocycles. The molecule has 4 aromatic carbocycles. The first-order valence-corrected chi connectivity index (χ1v) is 14.0. The van der Waals surface area contributed by atoms with Gasteiger partial charge in [0.2, 0.25) is 5.91 Å². The summed E-state index contributed by atoms with van der Waals surface area (Å²) < 4.78 is 0. The highest BCUT2D eigenvalue weighted by Gasteiger charge is 2.24. The van der Waals surface area contributed by atoms with Gasteiger partial charge in [0.15, 0.2) is 0 Å². The molecule has 0 spiro atoms. The average Bonchev–Trinajstić information content (AvgIpc) is 2.98. The standard InChI is InChI=1S/C35H37N3O2/c1-35(2,3)29-16-14-28(15-17-29)34(40)38-24-22-37(23-25-38)31-20-18-30(19-21-31)36-33(39)32(26-10-6-4-7-11-26)27-12-8-5-9-13-27/h4-21,32H,22-25H2,1-3H3,(H,36,39). The van der Waals surface area contributed by atoms with Crippen molar-refractivity contribution in [3.05, 3.63) is 131 Å². The Labute approximate surface area is 237 Å². The Morgan fingerprint density at radius 2 is 1.20 bits per heavy atom. The van der Waals surface area contributed by atoms with Crippen molar-refractivity contribution in [1.82, 2.24) is 4.90 Å². The quantitative estimate of drug-likeness (QED) is 0.301. The molecule has 40 heavy (non-hydrogen) atoms. The number of piperazine rings is 1. The minimum absolute atomic E-state index is 0.0622. The van der Waals surface area contributed by atoms with E-state index in [2.05, 4.69) is 43.1 Å². The maximum atomic E-state index is 13.4. The SMILES string of the molecule is CC(C)(C)c1ccc(C(=O)N2CCN(c3ccc(NC(=O)C(c4ccccc4)c4ccccc4)cc3)CC2)cc1. The van der Waals surface area contributed by atoms with E-state index in [1.165, 1.54) is 5.56 Å². The van der Waals surface area contributed by atoms with Gasteiger partial charge < -0.3 is 15.1 Å². The van der Waals surface area contributed by atoms with Crippen LogP contribution in [0.25, 0.3) is 0 Å². The van der Waals surface area contributed by atoms with E-state index in [1.807, 2.05) is 102 Å². The van der Waals surface area contributed by atoms with Crippen LogP contribution in [0.4, 0.5) is 11.4 Å². The first-order valence-electron chi connectivity index (χ1n) is 14.0. The van der Waals surface area contributed by atoms with E-state index < -0.39 is 5.92 Å². The Balaban J connectivity index is 1.20. The lowest BCUT2D eigenvalue weighted by atomic mass is 9.86. The van der Waals surface area contributed by atoms with Crippen molar-refractivity contribution in [2.75, 3.05) is 36.4 Å². The second kappa shape index (κ2) is 11.8. The first-order chi connectivity index (χ1) is 19.3. The van der Waals surface area contributed by atoms with E-state index in [9.17, 15) is 9.59 Å². The summed E-state index contributed by atoms with van der Waals surface area (Å²) in [5, 5.41) is 3.11. The highest BCUT2D eigenvalue weighted by atomic mass is 16.2. The average molecular weight is 532 g/mol. The summed E-state index contributed by atoms with van der Waals surface area (Å²) in [5.74, 6) is -0.366. The third kappa shape index (κ3) is 6.26. The summed E-state index contributed by atoms with van der Waals surface area (Å²) in [6.45, 7) is 9.41. The van der Waals surface area contributed by atoms with Crippen LogP contribution in [-0.2, 0) is 10.2 Å². The van der Waals surface area contributed by atoms with Gasteiger partial charge in [-0.15, -0.1) is 0 Å². The van der Waals surface area contributed by atoms with Crippen molar-refractivity contribution < 1.29 is 9.59 Å². The van der Waals surface area contributed by atoms with Gasteiger partial charge in [-0.2, -0.15) is 0 Å². The fourth-order valence-corrected chi connectivity index (χ4v) is 5.22. The van der Waals surface area contributed by atoms with E-state index in [-0.39, 0.29) is 17.2 Å². The Morgan fingerprint density at radius 1 is 0.675 bits per heavy atom. The van der Waals surface area contributed by atoms with Gasteiger partial charge >= 0.3 is 0 Å². The predicted molar refractivity (Wildman–Crippen MR) is 163 cm³/mol.